The van der Waals surface area contributed by atoms with E-state index in [-0.39, 0.29) is 10.7 Å². The van der Waals surface area contributed by atoms with E-state index in [9.17, 15) is 13.2 Å². The zero-order valence-electron chi connectivity index (χ0n) is 12.0. The average molecular weight is 295 g/mol. The van der Waals surface area contributed by atoms with Gasteiger partial charge in [-0.15, -0.1) is 0 Å². The molecule has 1 saturated carbocycles. The molecule has 0 aliphatic heterocycles. The quantitative estimate of drug-likeness (QED) is 0.727. The fourth-order valence-corrected chi connectivity index (χ4v) is 3.74. The second kappa shape index (κ2) is 6.06. The smallest absolute Gasteiger partial charge is 0.243 e. The molecule has 0 amide bonds. The van der Waals surface area contributed by atoms with Crippen LogP contribution in [0.25, 0.3) is 0 Å². The van der Waals surface area contributed by atoms with Crippen LogP contribution in [-0.4, -0.2) is 31.6 Å². The van der Waals surface area contributed by atoms with Crippen molar-refractivity contribution in [1.82, 2.24) is 4.31 Å². The highest BCUT2D eigenvalue weighted by Gasteiger charge is 2.30. The van der Waals surface area contributed by atoms with Gasteiger partial charge in [-0.2, -0.15) is 4.31 Å². The van der Waals surface area contributed by atoms with E-state index in [1.807, 2.05) is 6.92 Å². The summed E-state index contributed by atoms with van der Waals surface area (Å²) in [5, 5.41) is 0. The predicted molar refractivity (Wildman–Crippen MR) is 78.2 cm³/mol. The number of hydrogen-bond acceptors (Lipinski definition) is 3. The summed E-state index contributed by atoms with van der Waals surface area (Å²) in [6.07, 6.45) is 2.60. The summed E-state index contributed by atoms with van der Waals surface area (Å²) in [6.45, 7) is 4.67. The van der Waals surface area contributed by atoms with Gasteiger partial charge in [-0.25, -0.2) is 8.42 Å². The molecular weight excluding hydrogens is 274 g/mol. The number of carbonyl (C=O) groups excluding carboxylic acids is 1. The van der Waals surface area contributed by atoms with Crippen LogP contribution in [0.15, 0.2) is 29.2 Å². The van der Waals surface area contributed by atoms with Crippen LogP contribution in [0.5, 0.6) is 0 Å². The fraction of sp³-hybridized carbons (Fsp3) is 0.533. The Morgan fingerprint density at radius 1 is 1.30 bits per heavy atom. The molecule has 0 saturated heterocycles. The SMILES string of the molecule is CCC(=O)c1cccc(S(=O)(=O)N(CC)CC2CC2)c1. The van der Waals surface area contributed by atoms with Crippen LogP contribution in [0.3, 0.4) is 0 Å². The predicted octanol–water partition coefficient (Wildman–Crippen LogP) is 2.70. The van der Waals surface area contributed by atoms with Crippen LogP contribution in [0.4, 0.5) is 0 Å². The number of Topliss-reactive ketones (excluding diaryl/α,β-unsaturated/α-hetero) is 1. The van der Waals surface area contributed by atoms with Crippen molar-refractivity contribution in [2.75, 3.05) is 13.1 Å². The maximum atomic E-state index is 12.6. The van der Waals surface area contributed by atoms with Gasteiger partial charge in [0, 0.05) is 25.1 Å². The molecule has 0 spiro atoms. The highest BCUT2D eigenvalue weighted by atomic mass is 32.2. The molecule has 20 heavy (non-hydrogen) atoms. The molecule has 5 heteroatoms. The molecule has 0 bridgehead atoms. The van der Waals surface area contributed by atoms with E-state index in [0.717, 1.165) is 12.8 Å². The molecule has 1 fully saturated rings. The van der Waals surface area contributed by atoms with E-state index in [1.54, 1.807) is 25.1 Å². The van der Waals surface area contributed by atoms with Crippen molar-refractivity contribution in [3.8, 4) is 0 Å². The Balaban J connectivity index is 2.29. The maximum absolute atomic E-state index is 12.6. The van der Waals surface area contributed by atoms with Gasteiger partial charge in [-0.3, -0.25) is 4.79 Å². The maximum Gasteiger partial charge on any atom is 0.243 e. The minimum atomic E-state index is -3.49. The first-order valence-corrected chi connectivity index (χ1v) is 8.56. The summed E-state index contributed by atoms with van der Waals surface area (Å²) in [5.74, 6) is 0.470. The van der Waals surface area contributed by atoms with Crippen molar-refractivity contribution in [2.24, 2.45) is 5.92 Å². The van der Waals surface area contributed by atoms with E-state index in [1.165, 1.54) is 10.4 Å². The van der Waals surface area contributed by atoms with Gasteiger partial charge in [0.1, 0.15) is 0 Å². The highest BCUT2D eigenvalue weighted by molar-refractivity contribution is 7.89. The highest BCUT2D eigenvalue weighted by Crippen LogP contribution is 2.31. The molecule has 4 nitrogen and oxygen atoms in total. The molecular formula is C15H21NO3S. The van der Waals surface area contributed by atoms with Gasteiger partial charge in [0.2, 0.25) is 10.0 Å². The lowest BCUT2D eigenvalue weighted by atomic mass is 10.1. The van der Waals surface area contributed by atoms with Crippen LogP contribution in [0.2, 0.25) is 0 Å². The Kier molecular flexibility index (Phi) is 4.60. The van der Waals surface area contributed by atoms with Crippen molar-refractivity contribution >= 4 is 15.8 Å². The monoisotopic (exact) mass is 295 g/mol. The summed E-state index contributed by atoms with van der Waals surface area (Å²) in [7, 11) is -3.49. The first-order chi connectivity index (χ1) is 9.48. The van der Waals surface area contributed by atoms with E-state index in [0.29, 0.717) is 31.0 Å². The Morgan fingerprint density at radius 3 is 2.55 bits per heavy atom. The summed E-state index contributed by atoms with van der Waals surface area (Å²) in [5.41, 5.74) is 0.469. The van der Waals surface area contributed by atoms with Crippen LogP contribution in [-0.2, 0) is 10.0 Å². The van der Waals surface area contributed by atoms with E-state index < -0.39 is 10.0 Å². The van der Waals surface area contributed by atoms with Crippen LogP contribution < -0.4 is 0 Å². The summed E-state index contributed by atoms with van der Waals surface area (Å²) in [4.78, 5) is 11.9. The normalized spacial score (nSPS) is 15.6. The van der Waals surface area contributed by atoms with Gasteiger partial charge >= 0.3 is 0 Å². The third-order valence-electron chi connectivity index (χ3n) is 3.63. The molecule has 1 aliphatic carbocycles. The molecule has 110 valence electrons. The number of rotatable bonds is 7. The van der Waals surface area contributed by atoms with Gasteiger partial charge in [0.15, 0.2) is 5.78 Å². The molecule has 1 aromatic rings. The summed E-state index contributed by atoms with van der Waals surface area (Å²) >= 11 is 0. The zero-order chi connectivity index (χ0) is 14.8. The van der Waals surface area contributed by atoms with Crippen LogP contribution in [0, 0.1) is 5.92 Å². The average Bonchev–Trinajstić information content (AvgIpc) is 3.27. The van der Waals surface area contributed by atoms with Crippen LogP contribution in [0.1, 0.15) is 43.5 Å². The van der Waals surface area contributed by atoms with Crippen molar-refractivity contribution in [1.29, 1.82) is 0 Å². The molecule has 0 aromatic heterocycles. The van der Waals surface area contributed by atoms with Gasteiger partial charge in [0.25, 0.3) is 0 Å². The van der Waals surface area contributed by atoms with E-state index in [2.05, 4.69) is 0 Å². The Bertz CT molecular complexity index is 591. The van der Waals surface area contributed by atoms with Gasteiger partial charge < -0.3 is 0 Å². The first-order valence-electron chi connectivity index (χ1n) is 7.12. The Labute approximate surface area is 120 Å². The minimum absolute atomic E-state index is 0.0349. The summed E-state index contributed by atoms with van der Waals surface area (Å²) < 4.78 is 26.7. The molecule has 1 aliphatic rings. The molecule has 0 radical (unpaired) electrons. The third-order valence-corrected chi connectivity index (χ3v) is 5.56. The number of ketones is 1. The molecule has 0 N–H and O–H groups in total. The largest absolute Gasteiger partial charge is 0.294 e. The number of carbonyl (C=O) groups is 1. The number of sulfonamides is 1. The second-order valence-electron chi connectivity index (χ2n) is 5.20. The van der Waals surface area contributed by atoms with E-state index >= 15 is 0 Å². The first kappa shape index (κ1) is 15.2. The Morgan fingerprint density at radius 2 is 2.00 bits per heavy atom. The minimum Gasteiger partial charge on any atom is -0.294 e. The lowest BCUT2D eigenvalue weighted by molar-refractivity contribution is 0.0988. The zero-order valence-corrected chi connectivity index (χ0v) is 12.8. The van der Waals surface area contributed by atoms with Gasteiger partial charge in [-0.05, 0) is 30.9 Å². The molecule has 2 rings (SSSR count). The van der Waals surface area contributed by atoms with Gasteiger partial charge in [-0.1, -0.05) is 26.0 Å². The van der Waals surface area contributed by atoms with Gasteiger partial charge in [0.05, 0.1) is 4.90 Å². The van der Waals surface area contributed by atoms with E-state index in [4.69, 9.17) is 0 Å². The van der Waals surface area contributed by atoms with Crippen molar-refractivity contribution in [3.63, 3.8) is 0 Å². The lowest BCUT2D eigenvalue weighted by Gasteiger charge is -2.20. The van der Waals surface area contributed by atoms with Crippen molar-refractivity contribution < 1.29 is 13.2 Å². The summed E-state index contributed by atoms with van der Waals surface area (Å²) in [6, 6.07) is 6.37. The lowest BCUT2D eigenvalue weighted by Crippen LogP contribution is -2.32. The second-order valence-corrected chi connectivity index (χ2v) is 7.14. The standard InChI is InChI=1S/C15H21NO3S/c1-3-15(17)13-6-5-7-14(10-13)20(18,19)16(4-2)11-12-8-9-12/h5-7,10,12H,3-4,8-9,11H2,1-2H3. The fourth-order valence-electron chi connectivity index (χ4n) is 2.17. The van der Waals surface area contributed by atoms with Crippen LogP contribution >= 0.6 is 0 Å². The third kappa shape index (κ3) is 3.27. The van der Waals surface area contributed by atoms with Crippen molar-refractivity contribution in [2.45, 2.75) is 38.0 Å². The molecule has 0 heterocycles. The molecule has 0 atom stereocenters. The molecule has 1 aromatic carbocycles. The van der Waals surface area contributed by atoms with Crippen molar-refractivity contribution in [3.05, 3.63) is 29.8 Å². The Hall–Kier alpha value is -1.20. The number of nitrogens with zero attached hydrogens (tertiary/aromatic N) is 1. The number of hydrogen-bond donors (Lipinski definition) is 0. The number of benzene rings is 1. The molecule has 0 unspecified atom stereocenters. The topological polar surface area (TPSA) is 54.5 Å².